The van der Waals surface area contributed by atoms with E-state index in [9.17, 15) is 17.2 Å². The monoisotopic (exact) mass is 306 g/mol. The van der Waals surface area contributed by atoms with Gasteiger partial charge in [0.05, 0.1) is 0 Å². The molecule has 0 aromatic heterocycles. The van der Waals surface area contributed by atoms with E-state index in [2.05, 4.69) is 10.0 Å². The lowest BCUT2D eigenvalue weighted by Gasteiger charge is -2.14. The van der Waals surface area contributed by atoms with Crippen LogP contribution in [0.3, 0.4) is 0 Å². The van der Waals surface area contributed by atoms with Crippen molar-refractivity contribution in [1.82, 2.24) is 10.0 Å². The molecule has 0 saturated carbocycles. The minimum Gasteiger partial charge on any atom is -0.313 e. The van der Waals surface area contributed by atoms with Gasteiger partial charge in [-0.15, -0.1) is 0 Å². The topological polar surface area (TPSA) is 58.2 Å². The van der Waals surface area contributed by atoms with Crippen molar-refractivity contribution in [1.29, 1.82) is 0 Å². The van der Waals surface area contributed by atoms with Crippen molar-refractivity contribution in [3.63, 3.8) is 0 Å². The summed E-state index contributed by atoms with van der Waals surface area (Å²) in [6.45, 7) is 5.76. The Bertz CT molecular complexity index is 562. The molecule has 4 nitrogen and oxygen atoms in total. The van der Waals surface area contributed by atoms with E-state index in [1.807, 2.05) is 6.92 Å². The van der Waals surface area contributed by atoms with Gasteiger partial charge in [0.15, 0.2) is 5.82 Å². The Labute approximate surface area is 118 Å². The summed E-state index contributed by atoms with van der Waals surface area (Å²) in [7, 11) is -3.99. The first-order chi connectivity index (χ1) is 9.33. The Kier molecular flexibility index (Phi) is 6.04. The summed E-state index contributed by atoms with van der Waals surface area (Å²) < 4.78 is 54.3. The van der Waals surface area contributed by atoms with E-state index in [0.717, 1.165) is 12.1 Å². The fourth-order valence-corrected chi connectivity index (χ4v) is 3.04. The molecule has 114 valence electrons. The fraction of sp³-hybridized carbons (Fsp3) is 0.538. The maximum absolute atomic E-state index is 14.2. The van der Waals surface area contributed by atoms with Gasteiger partial charge >= 0.3 is 0 Å². The molecule has 20 heavy (non-hydrogen) atoms. The van der Waals surface area contributed by atoms with Gasteiger partial charge in [-0.05, 0) is 32.0 Å². The lowest BCUT2D eigenvalue weighted by molar-refractivity contribution is 0.509. The van der Waals surface area contributed by atoms with E-state index in [1.54, 1.807) is 13.8 Å². The molecular formula is C13H20F2N2O2S. The van der Waals surface area contributed by atoms with Gasteiger partial charge in [-0.1, -0.05) is 13.8 Å². The highest BCUT2D eigenvalue weighted by atomic mass is 32.2. The van der Waals surface area contributed by atoms with Crippen LogP contribution in [0.5, 0.6) is 0 Å². The van der Waals surface area contributed by atoms with Crippen molar-refractivity contribution in [2.45, 2.75) is 44.7 Å². The van der Waals surface area contributed by atoms with E-state index in [-0.39, 0.29) is 18.2 Å². The standard InChI is InChI=1S/C13H20F2N2O2S/c1-4-9(3)17-20(18,19)12-7-6-11(14)10(13(12)15)8-16-5-2/h6-7,9,16-17H,4-5,8H2,1-3H3. The summed E-state index contributed by atoms with van der Waals surface area (Å²) in [5.41, 5.74) is -0.265. The zero-order valence-electron chi connectivity index (χ0n) is 11.8. The Hall–Kier alpha value is -1.05. The molecule has 1 atom stereocenters. The molecule has 1 unspecified atom stereocenters. The van der Waals surface area contributed by atoms with Crippen LogP contribution in [0.25, 0.3) is 0 Å². The third-order valence-electron chi connectivity index (χ3n) is 2.96. The van der Waals surface area contributed by atoms with Crippen LogP contribution in [-0.2, 0) is 16.6 Å². The van der Waals surface area contributed by atoms with Crippen LogP contribution in [0.4, 0.5) is 8.78 Å². The zero-order chi connectivity index (χ0) is 15.3. The number of rotatable bonds is 7. The molecule has 0 radical (unpaired) electrons. The lowest BCUT2D eigenvalue weighted by Crippen LogP contribution is -2.33. The van der Waals surface area contributed by atoms with Crippen molar-refractivity contribution < 1.29 is 17.2 Å². The largest absolute Gasteiger partial charge is 0.313 e. The maximum Gasteiger partial charge on any atom is 0.243 e. The minimum atomic E-state index is -3.99. The van der Waals surface area contributed by atoms with Crippen molar-refractivity contribution >= 4 is 10.0 Å². The molecule has 0 fully saturated rings. The normalized spacial score (nSPS) is 13.4. The third kappa shape index (κ3) is 3.97. The van der Waals surface area contributed by atoms with Crippen LogP contribution in [-0.4, -0.2) is 21.0 Å². The molecule has 1 rings (SSSR count). The molecule has 0 spiro atoms. The lowest BCUT2D eigenvalue weighted by atomic mass is 10.2. The Balaban J connectivity index is 3.19. The molecule has 1 aromatic carbocycles. The van der Waals surface area contributed by atoms with E-state index in [0.29, 0.717) is 13.0 Å². The number of halogens is 2. The van der Waals surface area contributed by atoms with Crippen molar-refractivity contribution in [2.75, 3.05) is 6.54 Å². The summed E-state index contributed by atoms with van der Waals surface area (Å²) in [4.78, 5) is -0.521. The third-order valence-corrected chi connectivity index (χ3v) is 4.57. The number of sulfonamides is 1. The second-order valence-electron chi connectivity index (χ2n) is 4.55. The van der Waals surface area contributed by atoms with Crippen molar-refractivity contribution in [3.05, 3.63) is 29.3 Å². The van der Waals surface area contributed by atoms with Gasteiger partial charge in [-0.2, -0.15) is 0 Å². The highest BCUT2D eigenvalue weighted by Crippen LogP contribution is 2.21. The molecule has 1 aromatic rings. The predicted octanol–water partition coefficient (Wildman–Crippen LogP) is 2.15. The fourth-order valence-electron chi connectivity index (χ4n) is 1.61. The summed E-state index contributed by atoms with van der Waals surface area (Å²) in [6.07, 6.45) is 0.576. The smallest absolute Gasteiger partial charge is 0.243 e. The SMILES string of the molecule is CCNCc1c(F)ccc(S(=O)(=O)NC(C)CC)c1F. The summed E-state index contributed by atoms with van der Waals surface area (Å²) in [5.74, 6) is -1.80. The highest BCUT2D eigenvalue weighted by Gasteiger charge is 2.24. The van der Waals surface area contributed by atoms with Crippen molar-refractivity contribution in [2.24, 2.45) is 0 Å². The van der Waals surface area contributed by atoms with E-state index < -0.39 is 26.6 Å². The molecular weight excluding hydrogens is 286 g/mol. The second-order valence-corrected chi connectivity index (χ2v) is 6.23. The average molecular weight is 306 g/mol. The number of hydrogen-bond acceptors (Lipinski definition) is 3. The van der Waals surface area contributed by atoms with Crippen LogP contribution < -0.4 is 10.0 Å². The van der Waals surface area contributed by atoms with Gasteiger partial charge in [-0.25, -0.2) is 21.9 Å². The van der Waals surface area contributed by atoms with Crippen LogP contribution in [0.15, 0.2) is 17.0 Å². The van der Waals surface area contributed by atoms with Gasteiger partial charge in [0.2, 0.25) is 10.0 Å². The predicted molar refractivity (Wildman–Crippen MR) is 73.8 cm³/mol. The van der Waals surface area contributed by atoms with E-state index >= 15 is 0 Å². The maximum atomic E-state index is 14.2. The molecule has 0 aliphatic heterocycles. The Morgan fingerprint density at radius 2 is 1.90 bits per heavy atom. The van der Waals surface area contributed by atoms with E-state index in [4.69, 9.17) is 0 Å². The van der Waals surface area contributed by atoms with Crippen LogP contribution in [0, 0.1) is 11.6 Å². The van der Waals surface area contributed by atoms with Crippen LogP contribution >= 0.6 is 0 Å². The molecule has 2 N–H and O–H groups in total. The average Bonchev–Trinajstić information content (AvgIpc) is 2.37. The number of hydrogen-bond donors (Lipinski definition) is 2. The zero-order valence-corrected chi connectivity index (χ0v) is 12.7. The molecule has 0 saturated heterocycles. The molecule has 0 aliphatic rings. The molecule has 0 aliphatic carbocycles. The van der Waals surface area contributed by atoms with Gasteiger partial charge in [0.25, 0.3) is 0 Å². The van der Waals surface area contributed by atoms with Gasteiger partial charge in [-0.3, -0.25) is 0 Å². The number of nitrogens with one attached hydrogen (secondary N) is 2. The number of benzene rings is 1. The van der Waals surface area contributed by atoms with E-state index in [1.165, 1.54) is 0 Å². The van der Waals surface area contributed by atoms with Gasteiger partial charge in [0, 0.05) is 18.2 Å². The summed E-state index contributed by atoms with van der Waals surface area (Å²) in [6, 6.07) is 1.60. The van der Waals surface area contributed by atoms with Gasteiger partial charge < -0.3 is 5.32 Å². The van der Waals surface area contributed by atoms with Crippen molar-refractivity contribution in [3.8, 4) is 0 Å². The minimum absolute atomic E-state index is 0.0547. The molecule has 0 amide bonds. The van der Waals surface area contributed by atoms with Crippen LogP contribution in [0.1, 0.15) is 32.8 Å². The first-order valence-corrected chi connectivity index (χ1v) is 8.01. The first-order valence-electron chi connectivity index (χ1n) is 6.53. The Morgan fingerprint density at radius 1 is 1.25 bits per heavy atom. The van der Waals surface area contributed by atoms with Crippen LogP contribution in [0.2, 0.25) is 0 Å². The molecule has 0 bridgehead atoms. The quantitative estimate of drug-likeness (QED) is 0.811. The Morgan fingerprint density at radius 3 is 2.45 bits per heavy atom. The summed E-state index contributed by atoms with van der Waals surface area (Å²) in [5, 5.41) is 2.78. The van der Waals surface area contributed by atoms with Gasteiger partial charge in [0.1, 0.15) is 10.7 Å². The second kappa shape index (κ2) is 7.10. The molecule has 7 heteroatoms. The highest BCUT2D eigenvalue weighted by molar-refractivity contribution is 7.89. The summed E-state index contributed by atoms with van der Waals surface area (Å²) >= 11 is 0. The first kappa shape index (κ1) is 17.0. The molecule has 0 heterocycles.